The Hall–Kier alpha value is -0.940. The molecule has 2 heteroatoms. The van der Waals surface area contributed by atoms with Crippen molar-refractivity contribution >= 4 is 12.6 Å². The monoisotopic (exact) mass is 177 g/mol. The van der Waals surface area contributed by atoms with E-state index in [2.05, 4.69) is 18.7 Å². The highest BCUT2D eigenvalue weighted by molar-refractivity contribution is 7.81. The van der Waals surface area contributed by atoms with Crippen molar-refractivity contribution in [3.63, 3.8) is 0 Å². The second-order valence-corrected chi connectivity index (χ2v) is 3.96. The number of nitrogens with zero attached hydrogens (tertiary/aromatic N) is 1. The van der Waals surface area contributed by atoms with Crippen LogP contribution in [0.3, 0.4) is 0 Å². The molecule has 0 aromatic heterocycles. The van der Waals surface area contributed by atoms with Gasteiger partial charge in [-0.05, 0) is 12.5 Å². The maximum atomic E-state index is 8.56. The Morgan fingerprint density at radius 1 is 1.42 bits per heavy atom. The Morgan fingerprint density at radius 2 is 2.00 bits per heavy atom. The van der Waals surface area contributed by atoms with Gasteiger partial charge in [-0.25, -0.2) is 0 Å². The van der Waals surface area contributed by atoms with Gasteiger partial charge in [0.05, 0.1) is 12.5 Å². The third kappa shape index (κ3) is 2.02. The highest BCUT2D eigenvalue weighted by Gasteiger charge is 2.20. The van der Waals surface area contributed by atoms with Crippen molar-refractivity contribution in [3.8, 4) is 6.07 Å². The average Bonchev–Trinajstić information content (AvgIpc) is 2.06. The summed E-state index contributed by atoms with van der Waals surface area (Å²) in [6.07, 6.45) is 0.431. The highest BCUT2D eigenvalue weighted by Crippen LogP contribution is 2.30. The Bertz CT molecular complexity index is 284. The maximum Gasteiger partial charge on any atom is 0.0639 e. The first-order valence-electron chi connectivity index (χ1n) is 3.82. The average molecular weight is 177 g/mol. The van der Waals surface area contributed by atoms with Gasteiger partial charge in [-0.1, -0.05) is 30.3 Å². The lowest BCUT2D eigenvalue weighted by Crippen LogP contribution is -2.12. The number of rotatable bonds is 2. The molecule has 0 bridgehead atoms. The van der Waals surface area contributed by atoms with Gasteiger partial charge in [-0.15, -0.1) is 0 Å². The minimum atomic E-state index is -0.323. The van der Waals surface area contributed by atoms with E-state index in [9.17, 15) is 0 Å². The van der Waals surface area contributed by atoms with E-state index in [1.807, 2.05) is 37.3 Å². The van der Waals surface area contributed by atoms with Gasteiger partial charge < -0.3 is 0 Å². The van der Waals surface area contributed by atoms with Crippen LogP contribution in [0.1, 0.15) is 18.9 Å². The molecule has 1 rings (SSSR count). The highest BCUT2D eigenvalue weighted by atomic mass is 32.1. The molecular weight excluding hydrogens is 166 g/mol. The zero-order valence-corrected chi connectivity index (χ0v) is 7.88. The summed E-state index contributed by atoms with van der Waals surface area (Å²) in [6, 6.07) is 12.0. The van der Waals surface area contributed by atoms with E-state index in [1.165, 1.54) is 0 Å². The summed E-state index contributed by atoms with van der Waals surface area (Å²) in [7, 11) is 0. The van der Waals surface area contributed by atoms with Gasteiger partial charge in [0.1, 0.15) is 0 Å². The first kappa shape index (κ1) is 9.15. The molecule has 1 aromatic carbocycles. The molecule has 0 fully saturated rings. The molecule has 0 aliphatic carbocycles. The van der Waals surface area contributed by atoms with Crippen molar-refractivity contribution in [1.29, 1.82) is 5.26 Å². The molecule has 0 saturated heterocycles. The van der Waals surface area contributed by atoms with Crippen LogP contribution in [-0.2, 0) is 4.75 Å². The molecular formula is C10H11NS. The predicted molar refractivity (Wildman–Crippen MR) is 53.0 cm³/mol. The van der Waals surface area contributed by atoms with E-state index in [4.69, 9.17) is 5.26 Å². The van der Waals surface area contributed by atoms with Crippen molar-refractivity contribution in [2.75, 3.05) is 0 Å². The van der Waals surface area contributed by atoms with Gasteiger partial charge in [0.2, 0.25) is 0 Å². The third-order valence-corrected chi connectivity index (χ3v) is 2.24. The van der Waals surface area contributed by atoms with E-state index in [-0.39, 0.29) is 4.75 Å². The number of benzene rings is 1. The normalized spacial score (nSPS) is 14.8. The second-order valence-electron chi connectivity index (χ2n) is 2.97. The van der Waals surface area contributed by atoms with Gasteiger partial charge in [-0.3, -0.25) is 0 Å². The largest absolute Gasteiger partial charge is 0.198 e. The summed E-state index contributed by atoms with van der Waals surface area (Å²) < 4.78 is -0.323. The van der Waals surface area contributed by atoms with Gasteiger partial charge >= 0.3 is 0 Å². The molecule has 12 heavy (non-hydrogen) atoms. The minimum Gasteiger partial charge on any atom is -0.198 e. The maximum absolute atomic E-state index is 8.56. The molecule has 1 unspecified atom stereocenters. The van der Waals surface area contributed by atoms with Crippen molar-refractivity contribution in [1.82, 2.24) is 0 Å². The quantitative estimate of drug-likeness (QED) is 0.690. The van der Waals surface area contributed by atoms with Crippen LogP contribution in [0, 0.1) is 11.3 Å². The molecule has 0 aliphatic rings. The molecule has 0 amide bonds. The number of nitriles is 1. The lowest BCUT2D eigenvalue weighted by atomic mass is 9.97. The van der Waals surface area contributed by atoms with E-state index >= 15 is 0 Å². The van der Waals surface area contributed by atoms with Crippen LogP contribution in [0.15, 0.2) is 30.3 Å². The smallest absolute Gasteiger partial charge is 0.0639 e. The molecule has 0 radical (unpaired) electrons. The van der Waals surface area contributed by atoms with Crippen LogP contribution in [0.25, 0.3) is 0 Å². The van der Waals surface area contributed by atoms with E-state index in [0.717, 1.165) is 5.56 Å². The zero-order chi connectivity index (χ0) is 9.03. The van der Waals surface area contributed by atoms with Crippen molar-refractivity contribution in [2.45, 2.75) is 18.1 Å². The lowest BCUT2D eigenvalue weighted by molar-refractivity contribution is 0.721. The summed E-state index contributed by atoms with van der Waals surface area (Å²) in [5, 5.41) is 8.56. The fraction of sp³-hybridized carbons (Fsp3) is 0.300. The van der Waals surface area contributed by atoms with Crippen LogP contribution in [0.2, 0.25) is 0 Å². The van der Waals surface area contributed by atoms with E-state index in [1.54, 1.807) is 0 Å². The molecule has 1 aromatic rings. The first-order chi connectivity index (χ1) is 5.67. The number of hydrogen-bond donors (Lipinski definition) is 1. The van der Waals surface area contributed by atoms with Gasteiger partial charge in [0, 0.05) is 4.75 Å². The van der Waals surface area contributed by atoms with Gasteiger partial charge in [-0.2, -0.15) is 17.9 Å². The Morgan fingerprint density at radius 3 is 2.50 bits per heavy atom. The van der Waals surface area contributed by atoms with Crippen LogP contribution >= 0.6 is 12.6 Å². The number of hydrogen-bond acceptors (Lipinski definition) is 2. The van der Waals surface area contributed by atoms with Crippen LogP contribution in [0.4, 0.5) is 0 Å². The summed E-state index contributed by atoms with van der Waals surface area (Å²) >= 11 is 4.43. The van der Waals surface area contributed by atoms with Crippen molar-refractivity contribution < 1.29 is 0 Å². The topological polar surface area (TPSA) is 23.8 Å². The molecule has 62 valence electrons. The molecule has 0 saturated carbocycles. The molecule has 0 spiro atoms. The van der Waals surface area contributed by atoms with E-state index < -0.39 is 0 Å². The molecule has 0 heterocycles. The van der Waals surface area contributed by atoms with Gasteiger partial charge in [0.15, 0.2) is 0 Å². The first-order valence-corrected chi connectivity index (χ1v) is 4.26. The SMILES string of the molecule is CC(S)(CC#N)c1ccccc1. The molecule has 1 nitrogen and oxygen atoms in total. The number of thiol groups is 1. The third-order valence-electron chi connectivity index (χ3n) is 1.82. The Balaban J connectivity index is 2.91. The second kappa shape index (κ2) is 3.64. The van der Waals surface area contributed by atoms with Crippen LogP contribution < -0.4 is 0 Å². The molecule has 0 aliphatic heterocycles. The van der Waals surface area contributed by atoms with Gasteiger partial charge in [0.25, 0.3) is 0 Å². The predicted octanol–water partition coefficient (Wildman–Crippen LogP) is 2.75. The van der Waals surface area contributed by atoms with Crippen LogP contribution in [0.5, 0.6) is 0 Å². The summed E-state index contributed by atoms with van der Waals surface area (Å²) in [4.78, 5) is 0. The minimum absolute atomic E-state index is 0.323. The molecule has 0 N–H and O–H groups in total. The molecule has 1 atom stereocenters. The van der Waals surface area contributed by atoms with Crippen LogP contribution in [-0.4, -0.2) is 0 Å². The van der Waals surface area contributed by atoms with Crippen molar-refractivity contribution in [3.05, 3.63) is 35.9 Å². The fourth-order valence-electron chi connectivity index (χ4n) is 1.05. The Kier molecular flexibility index (Phi) is 2.78. The zero-order valence-electron chi connectivity index (χ0n) is 6.99. The van der Waals surface area contributed by atoms with Crippen molar-refractivity contribution in [2.24, 2.45) is 0 Å². The summed E-state index contributed by atoms with van der Waals surface area (Å²) in [5.74, 6) is 0. The summed E-state index contributed by atoms with van der Waals surface area (Å²) in [5.41, 5.74) is 1.09. The standard InChI is InChI=1S/C10H11NS/c1-10(12,7-8-11)9-5-3-2-4-6-9/h2-6,12H,7H2,1H3. The Labute approximate surface area is 78.4 Å². The summed E-state index contributed by atoms with van der Waals surface area (Å²) in [6.45, 7) is 1.95. The fourth-order valence-corrected chi connectivity index (χ4v) is 1.27. The van der Waals surface area contributed by atoms with E-state index in [0.29, 0.717) is 6.42 Å². The lowest BCUT2D eigenvalue weighted by Gasteiger charge is -2.20.